The zero-order valence-corrected chi connectivity index (χ0v) is 10.6. The average Bonchev–Trinajstić information content (AvgIpc) is 2.72. The second kappa shape index (κ2) is 6.58. The summed E-state index contributed by atoms with van der Waals surface area (Å²) in [4.78, 5) is 0. The summed E-state index contributed by atoms with van der Waals surface area (Å²) >= 11 is 0. The summed E-state index contributed by atoms with van der Waals surface area (Å²) in [6.45, 7) is 7.24. The van der Waals surface area contributed by atoms with Gasteiger partial charge in [-0.2, -0.15) is 0 Å². The molecule has 92 valence electrons. The first-order valence-electron chi connectivity index (χ1n) is 6.20. The Morgan fingerprint density at radius 2 is 2.12 bits per heavy atom. The monoisotopic (exact) mass is 225 g/mol. The molecule has 0 radical (unpaired) electrons. The van der Waals surface area contributed by atoms with E-state index in [2.05, 4.69) is 29.4 Å². The zero-order chi connectivity index (χ0) is 12.0. The fourth-order valence-corrected chi connectivity index (χ4v) is 1.83. The first-order valence-corrected chi connectivity index (χ1v) is 6.20. The molecule has 0 amide bonds. The van der Waals surface area contributed by atoms with Gasteiger partial charge >= 0.3 is 0 Å². The van der Waals surface area contributed by atoms with Crippen LogP contribution in [0.15, 0.2) is 0 Å². The molecule has 0 saturated carbocycles. The molecule has 0 aliphatic carbocycles. The van der Waals surface area contributed by atoms with E-state index in [-0.39, 0.29) is 6.04 Å². The van der Waals surface area contributed by atoms with E-state index in [9.17, 15) is 0 Å². The predicted octanol–water partition coefficient (Wildman–Crippen LogP) is 1.91. The second-order valence-electron chi connectivity index (χ2n) is 4.42. The molecule has 0 saturated heterocycles. The van der Waals surface area contributed by atoms with Crippen LogP contribution >= 0.6 is 0 Å². The highest BCUT2D eigenvalue weighted by atomic mass is 15.5. The van der Waals surface area contributed by atoms with Crippen molar-refractivity contribution in [2.45, 2.75) is 59.0 Å². The Kier molecular flexibility index (Phi) is 5.38. The fraction of sp³-hybridized carbons (Fsp3) is 0.909. The Morgan fingerprint density at radius 3 is 2.69 bits per heavy atom. The van der Waals surface area contributed by atoms with Crippen LogP contribution < -0.4 is 5.73 Å². The number of aromatic nitrogens is 4. The summed E-state index contributed by atoms with van der Waals surface area (Å²) in [5.41, 5.74) is 5.81. The van der Waals surface area contributed by atoms with Crippen molar-refractivity contribution in [3.8, 4) is 0 Å². The number of tetrazole rings is 1. The number of nitrogens with two attached hydrogens (primary N) is 1. The lowest BCUT2D eigenvalue weighted by molar-refractivity contribution is 0.358. The van der Waals surface area contributed by atoms with Crippen molar-refractivity contribution in [3.05, 3.63) is 5.82 Å². The smallest absolute Gasteiger partial charge is 0.167 e. The first-order chi connectivity index (χ1) is 7.69. The van der Waals surface area contributed by atoms with Crippen LogP contribution in [0.2, 0.25) is 0 Å². The van der Waals surface area contributed by atoms with Crippen molar-refractivity contribution in [1.29, 1.82) is 0 Å². The quantitative estimate of drug-likeness (QED) is 0.769. The zero-order valence-electron chi connectivity index (χ0n) is 10.6. The standard InChI is InChI=1S/C11H23N5/c1-4-6-7-10(5-2)8-16-11(9(3)12)13-14-15-16/h9-10H,4-8,12H2,1-3H3. The maximum absolute atomic E-state index is 5.81. The summed E-state index contributed by atoms with van der Waals surface area (Å²) in [7, 11) is 0. The number of rotatable bonds is 7. The van der Waals surface area contributed by atoms with Crippen LogP contribution in [0, 0.1) is 5.92 Å². The van der Waals surface area contributed by atoms with E-state index < -0.39 is 0 Å². The van der Waals surface area contributed by atoms with Gasteiger partial charge in [0.2, 0.25) is 0 Å². The maximum atomic E-state index is 5.81. The van der Waals surface area contributed by atoms with Gasteiger partial charge in [0.1, 0.15) is 0 Å². The van der Waals surface area contributed by atoms with Crippen LogP contribution in [0.1, 0.15) is 58.3 Å². The normalized spacial score (nSPS) is 15.0. The van der Waals surface area contributed by atoms with Gasteiger partial charge in [0.25, 0.3) is 0 Å². The molecule has 5 heteroatoms. The first kappa shape index (κ1) is 13.1. The Labute approximate surface area is 97.4 Å². The summed E-state index contributed by atoms with van der Waals surface area (Å²) in [5, 5.41) is 11.7. The lowest BCUT2D eigenvalue weighted by Gasteiger charge is -2.15. The third kappa shape index (κ3) is 3.56. The fourth-order valence-electron chi connectivity index (χ4n) is 1.83. The van der Waals surface area contributed by atoms with Crippen molar-refractivity contribution in [1.82, 2.24) is 20.2 Å². The minimum Gasteiger partial charge on any atom is -0.322 e. The van der Waals surface area contributed by atoms with Gasteiger partial charge in [-0.1, -0.05) is 33.1 Å². The van der Waals surface area contributed by atoms with Gasteiger partial charge in [-0.3, -0.25) is 0 Å². The minimum absolute atomic E-state index is 0.0984. The van der Waals surface area contributed by atoms with Crippen molar-refractivity contribution in [2.75, 3.05) is 0 Å². The second-order valence-corrected chi connectivity index (χ2v) is 4.42. The third-order valence-electron chi connectivity index (χ3n) is 2.94. The molecule has 0 aliphatic rings. The van der Waals surface area contributed by atoms with E-state index in [1.165, 1.54) is 19.3 Å². The number of hydrogen-bond acceptors (Lipinski definition) is 4. The van der Waals surface area contributed by atoms with Gasteiger partial charge < -0.3 is 5.73 Å². The maximum Gasteiger partial charge on any atom is 0.167 e. The largest absolute Gasteiger partial charge is 0.322 e. The Bertz CT molecular complexity index is 294. The lowest BCUT2D eigenvalue weighted by atomic mass is 9.99. The van der Waals surface area contributed by atoms with Crippen LogP contribution in [0.25, 0.3) is 0 Å². The van der Waals surface area contributed by atoms with Crippen molar-refractivity contribution in [3.63, 3.8) is 0 Å². The van der Waals surface area contributed by atoms with Gasteiger partial charge in [-0.25, -0.2) is 4.68 Å². The molecule has 16 heavy (non-hydrogen) atoms. The Hall–Kier alpha value is -0.970. The average molecular weight is 225 g/mol. The van der Waals surface area contributed by atoms with Gasteiger partial charge in [-0.05, 0) is 29.7 Å². The lowest BCUT2D eigenvalue weighted by Crippen LogP contribution is -2.18. The molecule has 1 heterocycles. The Balaban J connectivity index is 2.59. The molecule has 0 aromatic carbocycles. The molecule has 5 nitrogen and oxygen atoms in total. The highest BCUT2D eigenvalue weighted by Crippen LogP contribution is 2.16. The molecule has 0 spiro atoms. The predicted molar refractivity (Wildman–Crippen MR) is 63.7 cm³/mol. The van der Waals surface area contributed by atoms with Crippen LogP contribution in [-0.4, -0.2) is 20.2 Å². The third-order valence-corrected chi connectivity index (χ3v) is 2.94. The van der Waals surface area contributed by atoms with Gasteiger partial charge in [0.05, 0.1) is 6.04 Å². The number of nitrogens with zero attached hydrogens (tertiary/aromatic N) is 4. The molecule has 0 aliphatic heterocycles. The molecule has 1 rings (SSSR count). The molecular weight excluding hydrogens is 202 g/mol. The summed E-state index contributed by atoms with van der Waals surface area (Å²) < 4.78 is 1.86. The SMILES string of the molecule is CCCCC(CC)Cn1nnnc1C(C)N. The summed E-state index contributed by atoms with van der Waals surface area (Å²) in [5.74, 6) is 1.44. The number of unbranched alkanes of at least 4 members (excludes halogenated alkanes) is 1. The Morgan fingerprint density at radius 1 is 1.38 bits per heavy atom. The van der Waals surface area contributed by atoms with E-state index >= 15 is 0 Å². The van der Waals surface area contributed by atoms with Gasteiger partial charge in [0.15, 0.2) is 5.82 Å². The molecule has 0 bridgehead atoms. The summed E-state index contributed by atoms with van der Waals surface area (Å²) in [6.07, 6.45) is 4.92. The molecule has 1 aromatic rings. The number of hydrogen-bond donors (Lipinski definition) is 1. The van der Waals surface area contributed by atoms with Crippen molar-refractivity contribution >= 4 is 0 Å². The van der Waals surface area contributed by atoms with E-state index in [1.54, 1.807) is 0 Å². The summed E-state index contributed by atoms with van der Waals surface area (Å²) in [6, 6.07) is -0.0984. The van der Waals surface area contributed by atoms with Crippen LogP contribution in [0.5, 0.6) is 0 Å². The van der Waals surface area contributed by atoms with Crippen LogP contribution in [0.3, 0.4) is 0 Å². The van der Waals surface area contributed by atoms with Crippen LogP contribution in [-0.2, 0) is 6.54 Å². The van der Waals surface area contributed by atoms with E-state index in [0.717, 1.165) is 18.8 Å². The molecule has 2 unspecified atom stereocenters. The molecule has 1 aromatic heterocycles. The van der Waals surface area contributed by atoms with Crippen molar-refractivity contribution < 1.29 is 0 Å². The van der Waals surface area contributed by atoms with Crippen LogP contribution in [0.4, 0.5) is 0 Å². The van der Waals surface area contributed by atoms with Crippen molar-refractivity contribution in [2.24, 2.45) is 11.7 Å². The van der Waals surface area contributed by atoms with E-state index in [1.807, 2.05) is 11.6 Å². The molecule has 2 N–H and O–H groups in total. The van der Waals surface area contributed by atoms with Gasteiger partial charge in [0, 0.05) is 6.54 Å². The molecule has 2 atom stereocenters. The highest BCUT2D eigenvalue weighted by molar-refractivity contribution is 4.87. The topological polar surface area (TPSA) is 69.6 Å². The minimum atomic E-state index is -0.0984. The van der Waals surface area contributed by atoms with Gasteiger partial charge in [-0.15, -0.1) is 5.10 Å². The molecular formula is C11H23N5. The molecule has 0 fully saturated rings. The van der Waals surface area contributed by atoms with E-state index in [0.29, 0.717) is 5.92 Å². The highest BCUT2D eigenvalue weighted by Gasteiger charge is 2.14. The van der Waals surface area contributed by atoms with E-state index in [4.69, 9.17) is 5.73 Å².